The molecule has 6 heteroatoms. The molecular weight excluding hydrogens is 272 g/mol. The predicted molar refractivity (Wildman–Crippen MR) is 78.5 cm³/mol. The van der Waals surface area contributed by atoms with E-state index < -0.39 is 23.8 Å². The number of nitrogens with one attached hydrogen (secondary N) is 2. The molecule has 0 heterocycles. The van der Waals surface area contributed by atoms with Crippen molar-refractivity contribution < 1.29 is 19.5 Å². The summed E-state index contributed by atoms with van der Waals surface area (Å²) in [4.78, 5) is 35.3. The van der Waals surface area contributed by atoms with Crippen LogP contribution in [0.5, 0.6) is 0 Å². The minimum Gasteiger partial charge on any atom is -0.481 e. The van der Waals surface area contributed by atoms with Gasteiger partial charge in [-0.05, 0) is 32.1 Å². The molecule has 120 valence electrons. The van der Waals surface area contributed by atoms with Gasteiger partial charge in [0.1, 0.15) is 6.04 Å². The van der Waals surface area contributed by atoms with Gasteiger partial charge in [-0.15, -0.1) is 0 Å². The van der Waals surface area contributed by atoms with E-state index in [4.69, 9.17) is 0 Å². The number of hydrogen-bond donors (Lipinski definition) is 3. The molecule has 0 aliphatic heterocycles. The summed E-state index contributed by atoms with van der Waals surface area (Å²) < 4.78 is 0. The summed E-state index contributed by atoms with van der Waals surface area (Å²) in [7, 11) is 0. The van der Waals surface area contributed by atoms with Gasteiger partial charge in [-0.3, -0.25) is 14.4 Å². The second-order valence-corrected chi connectivity index (χ2v) is 5.82. The molecule has 0 spiro atoms. The van der Waals surface area contributed by atoms with Crippen molar-refractivity contribution in [2.24, 2.45) is 17.8 Å². The van der Waals surface area contributed by atoms with Crippen LogP contribution in [0.1, 0.15) is 46.5 Å². The Morgan fingerprint density at radius 1 is 1.19 bits per heavy atom. The molecule has 1 saturated carbocycles. The van der Waals surface area contributed by atoms with Gasteiger partial charge in [-0.1, -0.05) is 20.3 Å². The lowest BCUT2D eigenvalue weighted by molar-refractivity contribution is -0.146. The summed E-state index contributed by atoms with van der Waals surface area (Å²) in [5.74, 6) is -2.38. The van der Waals surface area contributed by atoms with E-state index in [0.29, 0.717) is 19.4 Å². The third kappa shape index (κ3) is 4.72. The molecule has 21 heavy (non-hydrogen) atoms. The second-order valence-electron chi connectivity index (χ2n) is 5.82. The minimum atomic E-state index is -0.922. The first kappa shape index (κ1) is 17.5. The van der Waals surface area contributed by atoms with Crippen molar-refractivity contribution in [1.29, 1.82) is 0 Å². The van der Waals surface area contributed by atoms with Crippen LogP contribution >= 0.6 is 0 Å². The molecule has 1 aliphatic rings. The number of carbonyl (C=O) groups excluding carboxylic acids is 2. The number of carbonyl (C=O) groups is 3. The van der Waals surface area contributed by atoms with Crippen LogP contribution in [0, 0.1) is 17.8 Å². The highest BCUT2D eigenvalue weighted by molar-refractivity contribution is 5.90. The molecule has 0 bridgehead atoms. The highest BCUT2D eigenvalue weighted by atomic mass is 16.4. The lowest BCUT2D eigenvalue weighted by Gasteiger charge is -2.19. The van der Waals surface area contributed by atoms with Gasteiger partial charge in [0.2, 0.25) is 11.8 Å². The lowest BCUT2D eigenvalue weighted by atomic mass is 9.95. The number of hydrogen-bond acceptors (Lipinski definition) is 3. The molecule has 4 atom stereocenters. The minimum absolute atomic E-state index is 0.234. The predicted octanol–water partition coefficient (Wildman–Crippen LogP) is 1.15. The number of rotatable bonds is 7. The molecule has 0 aromatic heterocycles. The van der Waals surface area contributed by atoms with Crippen LogP contribution in [0.15, 0.2) is 0 Å². The average Bonchev–Trinajstić information content (AvgIpc) is 2.89. The Hall–Kier alpha value is -1.59. The Bertz CT molecular complexity index is 397. The van der Waals surface area contributed by atoms with E-state index >= 15 is 0 Å². The van der Waals surface area contributed by atoms with E-state index in [0.717, 1.165) is 12.8 Å². The second kappa shape index (κ2) is 8.00. The summed E-state index contributed by atoms with van der Waals surface area (Å²) in [5.41, 5.74) is 0. The number of amides is 2. The third-order valence-electron chi connectivity index (χ3n) is 4.19. The highest BCUT2D eigenvalue weighted by Crippen LogP contribution is 2.38. The van der Waals surface area contributed by atoms with Crippen molar-refractivity contribution in [3.63, 3.8) is 0 Å². The summed E-state index contributed by atoms with van der Waals surface area (Å²) in [6.07, 6.45) is 2.83. The molecule has 0 aromatic carbocycles. The molecule has 1 rings (SSSR count). The van der Waals surface area contributed by atoms with Gasteiger partial charge in [0.15, 0.2) is 0 Å². The van der Waals surface area contributed by atoms with Gasteiger partial charge >= 0.3 is 5.97 Å². The molecule has 2 amide bonds. The zero-order chi connectivity index (χ0) is 16.0. The summed E-state index contributed by atoms with van der Waals surface area (Å²) in [6.45, 7) is 6.14. The van der Waals surface area contributed by atoms with Crippen LogP contribution in [-0.2, 0) is 14.4 Å². The normalized spacial score (nSPS) is 26.1. The summed E-state index contributed by atoms with van der Waals surface area (Å²) >= 11 is 0. The van der Waals surface area contributed by atoms with Gasteiger partial charge in [-0.2, -0.15) is 0 Å². The molecule has 0 saturated heterocycles. The van der Waals surface area contributed by atoms with E-state index in [9.17, 15) is 19.5 Å². The quantitative estimate of drug-likeness (QED) is 0.657. The molecule has 2 unspecified atom stereocenters. The van der Waals surface area contributed by atoms with Crippen LogP contribution < -0.4 is 10.6 Å². The fraction of sp³-hybridized carbons (Fsp3) is 0.800. The van der Waals surface area contributed by atoms with Gasteiger partial charge < -0.3 is 15.7 Å². The fourth-order valence-corrected chi connectivity index (χ4v) is 2.83. The Morgan fingerprint density at radius 3 is 2.33 bits per heavy atom. The zero-order valence-corrected chi connectivity index (χ0v) is 13.0. The molecule has 1 aliphatic carbocycles. The fourth-order valence-electron chi connectivity index (χ4n) is 2.83. The van der Waals surface area contributed by atoms with E-state index in [1.807, 2.05) is 13.8 Å². The van der Waals surface area contributed by atoms with Crippen molar-refractivity contribution in [1.82, 2.24) is 10.6 Å². The smallest absolute Gasteiger partial charge is 0.307 e. The lowest BCUT2D eigenvalue weighted by Crippen LogP contribution is -2.47. The summed E-state index contributed by atoms with van der Waals surface area (Å²) in [6, 6.07) is -0.640. The number of carboxylic acids is 1. The van der Waals surface area contributed by atoms with Crippen molar-refractivity contribution in [2.45, 2.75) is 52.5 Å². The first-order valence-corrected chi connectivity index (χ1v) is 7.71. The van der Waals surface area contributed by atoms with Gasteiger partial charge in [-0.25, -0.2) is 0 Å². The van der Waals surface area contributed by atoms with Crippen molar-refractivity contribution in [3.8, 4) is 0 Å². The Kier molecular flexibility index (Phi) is 6.65. The van der Waals surface area contributed by atoms with Crippen LogP contribution in [0.3, 0.4) is 0 Å². The molecule has 3 N–H and O–H groups in total. The Morgan fingerprint density at radius 2 is 1.81 bits per heavy atom. The van der Waals surface area contributed by atoms with Gasteiger partial charge in [0.05, 0.1) is 11.8 Å². The number of aliphatic carboxylic acids is 1. The maximum Gasteiger partial charge on any atom is 0.307 e. The van der Waals surface area contributed by atoms with Crippen molar-refractivity contribution in [2.75, 3.05) is 6.54 Å². The first-order valence-electron chi connectivity index (χ1n) is 7.71. The van der Waals surface area contributed by atoms with Crippen LogP contribution in [-0.4, -0.2) is 35.5 Å². The summed E-state index contributed by atoms with van der Waals surface area (Å²) in [5, 5.41) is 14.6. The van der Waals surface area contributed by atoms with Gasteiger partial charge in [0, 0.05) is 6.54 Å². The first-order chi connectivity index (χ1) is 9.90. The molecule has 6 nitrogen and oxygen atoms in total. The SMILES string of the molecule is CCCNC(=O)C(C)NC(=O)[C@H]1CC(CC)C[C@H]1C(=O)O. The Labute approximate surface area is 125 Å². The van der Waals surface area contributed by atoms with Crippen LogP contribution in [0.25, 0.3) is 0 Å². The average molecular weight is 298 g/mol. The molecular formula is C15H26N2O4. The molecule has 1 fully saturated rings. The van der Waals surface area contributed by atoms with Crippen molar-refractivity contribution in [3.05, 3.63) is 0 Å². The standard InChI is InChI=1S/C15H26N2O4/c1-4-6-16-13(18)9(3)17-14(19)11-7-10(5-2)8-12(11)15(20)21/h9-12H,4-8H2,1-3H3,(H,16,18)(H,17,19)(H,20,21)/t9?,10?,11-,12+/m0/s1. The third-order valence-corrected chi connectivity index (χ3v) is 4.19. The van der Waals surface area contributed by atoms with E-state index in [1.54, 1.807) is 6.92 Å². The Balaban J connectivity index is 2.60. The van der Waals surface area contributed by atoms with Crippen LogP contribution in [0.4, 0.5) is 0 Å². The van der Waals surface area contributed by atoms with Gasteiger partial charge in [0.25, 0.3) is 0 Å². The molecule has 0 aromatic rings. The van der Waals surface area contributed by atoms with Crippen molar-refractivity contribution >= 4 is 17.8 Å². The van der Waals surface area contributed by atoms with Crippen LogP contribution in [0.2, 0.25) is 0 Å². The highest BCUT2D eigenvalue weighted by Gasteiger charge is 2.42. The largest absolute Gasteiger partial charge is 0.481 e. The maximum absolute atomic E-state index is 12.3. The van der Waals surface area contributed by atoms with E-state index in [-0.39, 0.29) is 17.7 Å². The topological polar surface area (TPSA) is 95.5 Å². The number of carboxylic acid groups (broad SMARTS) is 1. The zero-order valence-electron chi connectivity index (χ0n) is 13.0. The monoisotopic (exact) mass is 298 g/mol. The maximum atomic E-state index is 12.3. The molecule has 0 radical (unpaired) electrons. The van der Waals surface area contributed by atoms with E-state index in [2.05, 4.69) is 10.6 Å². The van der Waals surface area contributed by atoms with E-state index in [1.165, 1.54) is 0 Å².